The lowest BCUT2D eigenvalue weighted by Gasteiger charge is -2.23. The standard InChI is InChI=1S/C22H24F3N3O4/c1-21(30,15-6-7-15)12-27-19(29)17-10-26-20(31-11-13-2-3-13)18(28-17)14-4-8-16(9-5-14)32-22(23,24)25/h4-5,8-10,13,15,30H,2-3,6-7,11-12H2,1H3,(H,27,29)/t21-/m0/s1. The third-order valence-corrected chi connectivity index (χ3v) is 5.55. The van der Waals surface area contributed by atoms with Gasteiger partial charge in [0.1, 0.15) is 17.1 Å². The van der Waals surface area contributed by atoms with Gasteiger partial charge < -0.3 is 19.9 Å². The van der Waals surface area contributed by atoms with Crippen molar-refractivity contribution >= 4 is 5.91 Å². The van der Waals surface area contributed by atoms with Crippen LogP contribution in [0.4, 0.5) is 13.2 Å². The summed E-state index contributed by atoms with van der Waals surface area (Å²) in [7, 11) is 0. The van der Waals surface area contributed by atoms with Gasteiger partial charge in [0.15, 0.2) is 0 Å². The van der Waals surface area contributed by atoms with Gasteiger partial charge in [-0.25, -0.2) is 9.97 Å². The molecule has 1 atom stereocenters. The van der Waals surface area contributed by atoms with Gasteiger partial charge in [-0.3, -0.25) is 4.79 Å². The predicted molar refractivity (Wildman–Crippen MR) is 108 cm³/mol. The number of nitrogens with zero attached hydrogens (tertiary/aromatic N) is 2. The van der Waals surface area contributed by atoms with Crippen molar-refractivity contribution in [3.8, 4) is 22.9 Å². The number of hydrogen-bond acceptors (Lipinski definition) is 6. The molecule has 1 aromatic heterocycles. The Labute approximate surface area is 183 Å². The number of halogens is 3. The summed E-state index contributed by atoms with van der Waals surface area (Å²) in [5.74, 6) is -0.0702. The van der Waals surface area contributed by atoms with Crippen molar-refractivity contribution in [2.75, 3.05) is 13.2 Å². The van der Waals surface area contributed by atoms with E-state index in [4.69, 9.17) is 4.74 Å². The van der Waals surface area contributed by atoms with Gasteiger partial charge in [0, 0.05) is 12.1 Å². The van der Waals surface area contributed by atoms with E-state index < -0.39 is 17.9 Å². The molecule has 2 aliphatic carbocycles. The van der Waals surface area contributed by atoms with Gasteiger partial charge in [0.25, 0.3) is 5.91 Å². The molecule has 0 spiro atoms. The zero-order chi connectivity index (χ0) is 22.9. The molecule has 0 bridgehead atoms. The highest BCUT2D eigenvalue weighted by Gasteiger charge is 2.40. The average Bonchev–Trinajstić information content (AvgIpc) is 3.63. The van der Waals surface area contributed by atoms with Crippen molar-refractivity contribution in [2.45, 2.75) is 44.6 Å². The van der Waals surface area contributed by atoms with Crippen LogP contribution in [0.2, 0.25) is 0 Å². The maximum atomic E-state index is 12.6. The Morgan fingerprint density at radius 2 is 1.88 bits per heavy atom. The predicted octanol–water partition coefficient (Wildman–Crippen LogP) is 3.72. The summed E-state index contributed by atoms with van der Waals surface area (Å²) in [6, 6.07) is 5.12. The minimum atomic E-state index is -4.79. The highest BCUT2D eigenvalue weighted by Crippen LogP contribution is 2.39. The second kappa shape index (κ2) is 8.57. The van der Waals surface area contributed by atoms with Gasteiger partial charge in [0.2, 0.25) is 5.88 Å². The van der Waals surface area contributed by atoms with Crippen LogP contribution in [0.1, 0.15) is 43.1 Å². The number of hydrogen-bond donors (Lipinski definition) is 2. The van der Waals surface area contributed by atoms with E-state index in [2.05, 4.69) is 20.0 Å². The lowest BCUT2D eigenvalue weighted by atomic mass is 10.0. The van der Waals surface area contributed by atoms with Crippen LogP contribution in [-0.2, 0) is 0 Å². The van der Waals surface area contributed by atoms with Crippen molar-refractivity contribution in [1.82, 2.24) is 15.3 Å². The minimum absolute atomic E-state index is 0.0148. The molecule has 10 heteroatoms. The summed E-state index contributed by atoms with van der Waals surface area (Å²) in [5, 5.41) is 13.1. The number of alkyl halides is 3. The number of aromatic nitrogens is 2. The van der Waals surface area contributed by atoms with E-state index in [-0.39, 0.29) is 35.5 Å². The second-order valence-corrected chi connectivity index (χ2v) is 8.55. The van der Waals surface area contributed by atoms with E-state index in [0.717, 1.165) is 37.8 Å². The molecule has 0 radical (unpaired) electrons. The van der Waals surface area contributed by atoms with Crippen molar-refractivity contribution in [3.63, 3.8) is 0 Å². The number of benzene rings is 1. The van der Waals surface area contributed by atoms with Gasteiger partial charge in [-0.1, -0.05) is 0 Å². The average molecular weight is 451 g/mol. The van der Waals surface area contributed by atoms with Crippen LogP contribution in [-0.4, -0.2) is 46.1 Å². The fourth-order valence-electron chi connectivity index (χ4n) is 3.28. The maximum absolute atomic E-state index is 12.6. The highest BCUT2D eigenvalue weighted by molar-refractivity contribution is 5.92. The van der Waals surface area contributed by atoms with Crippen molar-refractivity contribution in [2.24, 2.45) is 11.8 Å². The fourth-order valence-corrected chi connectivity index (χ4v) is 3.28. The van der Waals surface area contributed by atoms with E-state index in [1.54, 1.807) is 6.92 Å². The van der Waals surface area contributed by atoms with E-state index in [1.807, 2.05) is 0 Å². The molecule has 2 N–H and O–H groups in total. The van der Waals surface area contributed by atoms with Crippen molar-refractivity contribution in [3.05, 3.63) is 36.2 Å². The first-order valence-corrected chi connectivity index (χ1v) is 10.5. The largest absolute Gasteiger partial charge is 0.573 e. The normalized spacial score (nSPS) is 18.0. The topological polar surface area (TPSA) is 93.6 Å². The van der Waals surface area contributed by atoms with E-state index in [9.17, 15) is 23.1 Å². The first-order valence-electron chi connectivity index (χ1n) is 10.5. The SMILES string of the molecule is C[C@](O)(CNC(=O)c1cnc(OCC2CC2)c(-c2ccc(OC(F)(F)F)cc2)n1)C1CC1. The Morgan fingerprint density at radius 1 is 1.19 bits per heavy atom. The van der Waals surface area contributed by atoms with Gasteiger partial charge >= 0.3 is 6.36 Å². The Bertz CT molecular complexity index is 971. The monoisotopic (exact) mass is 451 g/mol. The highest BCUT2D eigenvalue weighted by atomic mass is 19.4. The van der Waals surface area contributed by atoms with Crippen LogP contribution in [0.25, 0.3) is 11.3 Å². The zero-order valence-corrected chi connectivity index (χ0v) is 17.5. The lowest BCUT2D eigenvalue weighted by Crippen LogP contribution is -2.42. The summed E-state index contributed by atoms with van der Waals surface area (Å²) in [6.07, 6.45) is 0.469. The van der Waals surface area contributed by atoms with Crippen LogP contribution in [0, 0.1) is 11.8 Å². The molecule has 2 aromatic rings. The van der Waals surface area contributed by atoms with Gasteiger partial charge in [-0.05, 0) is 68.7 Å². The summed E-state index contributed by atoms with van der Waals surface area (Å²) in [5.41, 5.74) is -0.308. The summed E-state index contributed by atoms with van der Waals surface area (Å²) >= 11 is 0. The number of aliphatic hydroxyl groups is 1. The smallest absolute Gasteiger partial charge is 0.476 e. The Hall–Kier alpha value is -2.88. The number of amides is 1. The number of carbonyl (C=O) groups excluding carboxylic acids is 1. The second-order valence-electron chi connectivity index (χ2n) is 8.55. The zero-order valence-electron chi connectivity index (χ0n) is 17.5. The third kappa shape index (κ3) is 5.87. The Morgan fingerprint density at radius 3 is 2.47 bits per heavy atom. The molecule has 1 heterocycles. The number of carbonyl (C=O) groups is 1. The molecule has 1 amide bonds. The first kappa shape index (κ1) is 22.3. The van der Waals surface area contributed by atoms with Crippen molar-refractivity contribution < 1.29 is 32.5 Å². The minimum Gasteiger partial charge on any atom is -0.476 e. The molecule has 172 valence electrons. The van der Waals surface area contributed by atoms with Crippen LogP contribution in [0.5, 0.6) is 11.6 Å². The Balaban J connectivity index is 1.54. The number of rotatable bonds is 9. The number of nitrogens with one attached hydrogen (secondary N) is 1. The molecule has 0 saturated heterocycles. The molecule has 7 nitrogen and oxygen atoms in total. The Kier molecular flexibility index (Phi) is 5.98. The summed E-state index contributed by atoms with van der Waals surface area (Å²) < 4.78 is 47.0. The number of ether oxygens (including phenoxy) is 2. The van der Waals surface area contributed by atoms with Gasteiger partial charge in [0.05, 0.1) is 18.4 Å². The lowest BCUT2D eigenvalue weighted by molar-refractivity contribution is -0.274. The van der Waals surface area contributed by atoms with Gasteiger partial charge in [-0.2, -0.15) is 0 Å². The summed E-state index contributed by atoms with van der Waals surface area (Å²) in [6.45, 7) is 2.21. The molecular weight excluding hydrogens is 427 g/mol. The summed E-state index contributed by atoms with van der Waals surface area (Å²) in [4.78, 5) is 21.2. The van der Waals surface area contributed by atoms with Crippen LogP contribution in [0.3, 0.4) is 0 Å². The molecule has 4 rings (SSSR count). The quantitative estimate of drug-likeness (QED) is 0.604. The molecule has 2 saturated carbocycles. The van der Waals surface area contributed by atoms with Crippen molar-refractivity contribution in [1.29, 1.82) is 0 Å². The first-order chi connectivity index (χ1) is 15.1. The fraction of sp³-hybridized carbons (Fsp3) is 0.500. The molecular formula is C22H24F3N3O4. The molecule has 1 aromatic carbocycles. The molecule has 32 heavy (non-hydrogen) atoms. The van der Waals surface area contributed by atoms with Gasteiger partial charge in [-0.15, -0.1) is 13.2 Å². The van der Waals surface area contributed by atoms with E-state index in [0.29, 0.717) is 18.1 Å². The van der Waals surface area contributed by atoms with Crippen LogP contribution < -0.4 is 14.8 Å². The third-order valence-electron chi connectivity index (χ3n) is 5.55. The molecule has 2 aliphatic rings. The molecule has 0 unspecified atom stereocenters. The maximum Gasteiger partial charge on any atom is 0.573 e. The molecule has 2 fully saturated rings. The van der Waals surface area contributed by atoms with E-state index >= 15 is 0 Å². The van der Waals surface area contributed by atoms with Crippen LogP contribution in [0.15, 0.2) is 30.5 Å². The molecule has 0 aliphatic heterocycles. The van der Waals surface area contributed by atoms with E-state index in [1.165, 1.54) is 18.3 Å². The van der Waals surface area contributed by atoms with Crippen LogP contribution >= 0.6 is 0 Å².